The van der Waals surface area contributed by atoms with Gasteiger partial charge in [-0.1, -0.05) is 193 Å². The molecule has 4 N–H and O–H groups in total. The van der Waals surface area contributed by atoms with E-state index in [-0.39, 0.29) is 40.0 Å². The van der Waals surface area contributed by atoms with Crippen molar-refractivity contribution in [2.45, 2.75) is 119 Å². The van der Waals surface area contributed by atoms with Crippen molar-refractivity contribution in [2.75, 3.05) is 19.0 Å². The molecule has 0 fully saturated rings. The van der Waals surface area contributed by atoms with E-state index in [1.54, 1.807) is 0 Å². The summed E-state index contributed by atoms with van der Waals surface area (Å²) in [7, 11) is 3.74. The maximum atomic E-state index is 10.1. The lowest BCUT2D eigenvalue weighted by Crippen LogP contribution is -2.56. The number of allylic oxidation sites excluding steroid dienone is 4. The lowest BCUT2D eigenvalue weighted by atomic mass is 9.32. The molecule has 84 heavy (non-hydrogen) atoms. The van der Waals surface area contributed by atoms with Crippen LogP contribution >= 0.6 is 0 Å². The topological polar surface area (TPSA) is 110 Å². The fourth-order valence-electron chi connectivity index (χ4n) is 12.7. The van der Waals surface area contributed by atoms with E-state index in [0.717, 1.165) is 72.4 Å². The summed E-state index contributed by atoms with van der Waals surface area (Å²) < 4.78 is 4.84. The smallest absolute Gasteiger partial charge is 0.251 e. The molecule has 0 radical (unpaired) electrons. The summed E-state index contributed by atoms with van der Waals surface area (Å²) in [5.41, 5.74) is 19.8. The molecule has 0 unspecified atom stereocenters. The Morgan fingerprint density at radius 3 is 1.62 bits per heavy atom. The number of nitrogens with zero attached hydrogens (tertiary/aromatic N) is 5. The average molecular weight is 1110 g/mol. The van der Waals surface area contributed by atoms with E-state index >= 15 is 0 Å². The normalized spacial score (nSPS) is 14.7. The third kappa shape index (κ3) is 9.44. The summed E-state index contributed by atoms with van der Waals surface area (Å²) in [6.45, 7) is 40.8. The van der Waals surface area contributed by atoms with E-state index in [4.69, 9.17) is 23.1 Å². The van der Waals surface area contributed by atoms with Crippen LogP contribution in [-0.4, -0.2) is 53.3 Å². The quantitative estimate of drug-likeness (QED) is 0.0552. The van der Waals surface area contributed by atoms with E-state index in [1.807, 2.05) is 51.4 Å². The van der Waals surface area contributed by atoms with Gasteiger partial charge in [-0.05, 0) is 123 Å². The first-order valence-electron chi connectivity index (χ1n) is 29.5. The molecule has 10 heteroatoms. The Kier molecular flexibility index (Phi) is 14.0. The monoisotopic (exact) mass is 1110 g/mol. The van der Waals surface area contributed by atoms with E-state index in [1.165, 1.54) is 49.5 Å². The second kappa shape index (κ2) is 20.5. The van der Waals surface area contributed by atoms with Crippen LogP contribution in [0, 0.1) is 10.8 Å². The number of fused-ring (bicyclic) bond motifs is 8. The molecule has 0 aliphatic carbocycles. The molecule has 9 nitrogen and oxygen atoms in total. The number of para-hydroxylation sites is 2. The molecule has 2 aliphatic rings. The second-order valence-electron chi connectivity index (χ2n) is 26.9. The molecule has 2 aliphatic heterocycles. The van der Waals surface area contributed by atoms with Crippen LogP contribution in [0.3, 0.4) is 0 Å². The Morgan fingerprint density at radius 2 is 1.06 bits per heavy atom. The Hall–Kier alpha value is -8.76. The van der Waals surface area contributed by atoms with Gasteiger partial charge in [-0.3, -0.25) is 10.8 Å². The lowest BCUT2D eigenvalue weighted by Gasteiger charge is -2.42. The second-order valence-corrected chi connectivity index (χ2v) is 26.9. The van der Waals surface area contributed by atoms with Crippen LogP contribution in [0.2, 0.25) is 0 Å². The van der Waals surface area contributed by atoms with Crippen molar-refractivity contribution in [1.82, 2.24) is 19.8 Å². The van der Waals surface area contributed by atoms with Crippen LogP contribution in [0.5, 0.6) is 0 Å². The molecule has 11 rings (SSSR count). The first kappa shape index (κ1) is 57.1. The summed E-state index contributed by atoms with van der Waals surface area (Å²) in [6.07, 6.45) is 6.36. The number of rotatable bonds is 7. The summed E-state index contributed by atoms with van der Waals surface area (Å²) in [5, 5.41) is 30.8. The van der Waals surface area contributed by atoms with Crippen LogP contribution in [0.1, 0.15) is 141 Å². The van der Waals surface area contributed by atoms with Gasteiger partial charge >= 0.3 is 0 Å². The van der Waals surface area contributed by atoms with E-state index in [9.17, 15) is 10.8 Å². The average Bonchev–Trinajstić information content (AvgIpc) is 1.39. The Bertz CT molecular complexity index is 4390. The van der Waals surface area contributed by atoms with Crippen LogP contribution < -0.4 is 26.5 Å². The van der Waals surface area contributed by atoms with Crippen molar-refractivity contribution in [3.05, 3.63) is 220 Å². The predicted molar refractivity (Wildman–Crippen MR) is 362 cm³/mol. The molecule has 0 saturated heterocycles. The van der Waals surface area contributed by atoms with Crippen LogP contribution in [0.4, 0.5) is 5.69 Å². The molecule has 0 amide bonds. The minimum absolute atomic E-state index is 0.0232. The van der Waals surface area contributed by atoms with Gasteiger partial charge in [-0.2, -0.15) is 0 Å². The summed E-state index contributed by atoms with van der Waals surface area (Å²) >= 11 is 0. The molecule has 0 spiro atoms. The van der Waals surface area contributed by atoms with Gasteiger partial charge in [0.15, 0.2) is 11.7 Å². The van der Waals surface area contributed by atoms with Crippen LogP contribution in [-0.2, 0) is 21.7 Å². The van der Waals surface area contributed by atoms with Gasteiger partial charge in [0.1, 0.15) is 11.7 Å². The maximum absolute atomic E-state index is 10.1. The predicted octanol–water partition coefficient (Wildman–Crippen LogP) is 15.9. The zero-order valence-corrected chi connectivity index (χ0v) is 52.1. The van der Waals surface area contributed by atoms with Gasteiger partial charge in [-0.15, -0.1) is 0 Å². The van der Waals surface area contributed by atoms with Gasteiger partial charge in [-0.25, -0.2) is 9.98 Å². The third-order valence-corrected chi connectivity index (χ3v) is 17.2. The highest BCUT2D eigenvalue weighted by Crippen LogP contribution is 2.46. The third-order valence-electron chi connectivity index (χ3n) is 17.2. The molecule has 7 aromatic carbocycles. The van der Waals surface area contributed by atoms with Crippen molar-refractivity contribution >= 4 is 90.3 Å². The van der Waals surface area contributed by atoms with Gasteiger partial charge < -0.3 is 24.7 Å². The standard InChI is InChI=1S/C74H80BN9/c1-19-23-43(3)82-44(4)58(20-2)75-59-40-50(74(14,15)16)39-57-56-38-49(73(11,12)13)36-37-60(56)84(66(57)59)62-42-51(41-61(82)63(62)75)83-64-52(24-21-26-54(64)68(77)81-69(78-17)46-30-34-48(35-31-46)72(8,9)10)53-25-22-27-55(65(53)83)70(79-18)80-67(76)45-28-32-47(33-29-45)71(5,6)7/h19-42H,3-4H2,1-2,5-18H3,(H2,76,79,80)(H2,77,78,81)/b23-19-,58-20+. The van der Waals surface area contributed by atoms with Crippen molar-refractivity contribution in [3.8, 4) is 11.4 Å². The molecule has 4 heterocycles. The summed E-state index contributed by atoms with van der Waals surface area (Å²) in [5.74, 6) is 1.36. The molecule has 0 saturated carbocycles. The number of benzene rings is 7. The Morgan fingerprint density at radius 1 is 0.536 bits per heavy atom. The SMILES string of the molecule is C=C(/C=C\C)N1C(=C)/C(=C\C)B2c3c1cc(-n1c4c(C(=N)/N=C(\NC)c5ccc(C(C)(C)C)cc5)cccc4c4cccc(/C(=N/C(=N)c5ccc(C(C)(C)C)cc5)NC)c41)cc3-n1c3ccc(C(C)(C)C)cc3c3cc(C(C)(C)C)cc2c31. The lowest BCUT2D eigenvalue weighted by molar-refractivity contribution is 0.590. The van der Waals surface area contributed by atoms with Gasteiger partial charge in [0.05, 0.1) is 22.2 Å². The Balaban J connectivity index is 1.28. The summed E-state index contributed by atoms with van der Waals surface area (Å²) in [6, 6.07) is 45.8. The van der Waals surface area contributed by atoms with Crippen molar-refractivity contribution < 1.29 is 0 Å². The van der Waals surface area contributed by atoms with Gasteiger partial charge in [0.2, 0.25) is 0 Å². The molecular weight excluding hydrogens is 1030 g/mol. The number of aliphatic imine (C=N–C) groups is 2. The molecule has 9 aromatic rings. The largest absolute Gasteiger partial charge is 0.373 e. The highest BCUT2D eigenvalue weighted by Gasteiger charge is 2.44. The Labute approximate surface area is 497 Å². The minimum Gasteiger partial charge on any atom is -0.373 e. The minimum atomic E-state index is -0.157. The first-order chi connectivity index (χ1) is 39.7. The molecular formula is C74H80BN9. The first-order valence-corrected chi connectivity index (χ1v) is 29.5. The fourth-order valence-corrected chi connectivity index (χ4v) is 12.7. The van der Waals surface area contributed by atoms with E-state index < -0.39 is 0 Å². The number of hydrogen-bond donors (Lipinski definition) is 4. The number of amidine groups is 4. The van der Waals surface area contributed by atoms with Crippen molar-refractivity contribution in [3.63, 3.8) is 0 Å². The highest BCUT2D eigenvalue weighted by molar-refractivity contribution is 6.96. The van der Waals surface area contributed by atoms with E-state index in [0.29, 0.717) is 22.8 Å². The van der Waals surface area contributed by atoms with Gasteiger partial charge in [0.25, 0.3) is 6.71 Å². The zero-order valence-electron chi connectivity index (χ0n) is 52.1. The van der Waals surface area contributed by atoms with Crippen LogP contribution in [0.15, 0.2) is 186 Å². The number of hydrogen-bond acceptors (Lipinski definition) is 3. The highest BCUT2D eigenvalue weighted by atomic mass is 15.2. The van der Waals surface area contributed by atoms with Crippen LogP contribution in [0.25, 0.3) is 55.0 Å². The maximum Gasteiger partial charge on any atom is 0.251 e. The zero-order chi connectivity index (χ0) is 60.3. The van der Waals surface area contributed by atoms with Crippen molar-refractivity contribution in [1.29, 1.82) is 10.8 Å². The molecule has 0 bridgehead atoms. The number of nitrogens with one attached hydrogen (secondary N) is 4. The summed E-state index contributed by atoms with van der Waals surface area (Å²) in [4.78, 5) is 12.5. The van der Waals surface area contributed by atoms with Gasteiger partial charge in [0, 0.05) is 86.2 Å². The van der Waals surface area contributed by atoms with E-state index in [2.05, 4.69) is 230 Å². The number of anilines is 1. The van der Waals surface area contributed by atoms with Crippen molar-refractivity contribution in [2.24, 2.45) is 9.98 Å². The number of aromatic nitrogens is 2. The fraction of sp³-hybridized carbons (Fsp3) is 0.270. The molecule has 2 aromatic heterocycles. The molecule has 424 valence electrons. The molecule has 0 atom stereocenters.